The lowest BCUT2D eigenvalue weighted by Gasteiger charge is -2.07. The maximum atomic E-state index is 11.3. The highest BCUT2D eigenvalue weighted by Gasteiger charge is 2.07. The summed E-state index contributed by atoms with van der Waals surface area (Å²) in [6.45, 7) is 0. The summed E-state index contributed by atoms with van der Waals surface area (Å²) in [7, 11) is 0. The fourth-order valence-electron chi connectivity index (χ4n) is 2.86. The highest BCUT2D eigenvalue weighted by atomic mass is 16.1. The molecule has 0 saturated heterocycles. The molecule has 0 aliphatic carbocycles. The largest absolute Gasteiger partial charge is 0.233 e. The van der Waals surface area contributed by atoms with Crippen molar-refractivity contribution in [3.05, 3.63) is 107 Å². The Morgan fingerprint density at radius 3 is 1.19 bits per heavy atom. The van der Waals surface area contributed by atoms with Crippen LogP contribution in [0.3, 0.4) is 0 Å². The highest BCUT2D eigenvalue weighted by Crippen LogP contribution is 2.20. The van der Waals surface area contributed by atoms with E-state index in [2.05, 4.69) is 11.9 Å². The van der Waals surface area contributed by atoms with Gasteiger partial charge in [-0.15, -0.1) is 0 Å². The van der Waals surface area contributed by atoms with Crippen molar-refractivity contribution in [1.82, 2.24) is 0 Å². The Kier molecular flexibility index (Phi) is 5.75. The number of allylic oxidation sites excluding steroid dienone is 2. The summed E-state index contributed by atoms with van der Waals surface area (Å²) in [6, 6.07) is 27.1. The number of rotatable bonds is 6. The minimum atomic E-state index is 0.531. The Labute approximate surface area is 153 Å². The fraction of sp³-hybridized carbons (Fsp3) is 0.0833. The summed E-state index contributed by atoms with van der Waals surface area (Å²) < 4.78 is 0. The average molecular weight is 338 g/mol. The van der Waals surface area contributed by atoms with E-state index in [1.54, 1.807) is 0 Å². The molecule has 126 valence electrons. The zero-order valence-electron chi connectivity index (χ0n) is 14.3. The number of hydrogen-bond acceptors (Lipinski definition) is 2. The molecule has 0 N–H and O–H groups in total. The molecule has 0 aliphatic rings. The van der Waals surface area contributed by atoms with Crippen molar-refractivity contribution in [2.45, 2.75) is 12.8 Å². The van der Waals surface area contributed by atoms with Gasteiger partial charge in [-0.05, 0) is 22.3 Å². The van der Waals surface area contributed by atoms with Gasteiger partial charge in [0.25, 0.3) is 0 Å². The Balaban J connectivity index is 1.73. The van der Waals surface area contributed by atoms with Crippen LogP contribution in [0.15, 0.2) is 84.9 Å². The van der Waals surface area contributed by atoms with Crippen molar-refractivity contribution in [3.63, 3.8) is 0 Å². The summed E-state index contributed by atoms with van der Waals surface area (Å²) in [4.78, 5) is 22.6. The predicted octanol–water partition coefficient (Wildman–Crippen LogP) is 4.60. The second kappa shape index (κ2) is 8.60. The molecule has 26 heavy (non-hydrogen) atoms. The second-order valence-electron chi connectivity index (χ2n) is 6.06. The minimum absolute atomic E-state index is 0.531. The van der Waals surface area contributed by atoms with Crippen LogP contribution in [-0.2, 0) is 22.4 Å². The van der Waals surface area contributed by atoms with Gasteiger partial charge in [0.05, 0.1) is 0 Å². The third-order valence-electron chi connectivity index (χ3n) is 4.28. The third kappa shape index (κ3) is 4.34. The lowest BCUT2D eigenvalue weighted by Crippen LogP contribution is -1.94. The second-order valence-corrected chi connectivity index (χ2v) is 6.06. The summed E-state index contributed by atoms with van der Waals surface area (Å²) in [6.07, 6.45) is 1.06. The van der Waals surface area contributed by atoms with Gasteiger partial charge in [0.1, 0.15) is 11.9 Å². The van der Waals surface area contributed by atoms with E-state index in [9.17, 15) is 9.59 Å². The van der Waals surface area contributed by atoms with Gasteiger partial charge in [-0.25, -0.2) is 9.59 Å². The molecule has 0 unspecified atom stereocenters. The van der Waals surface area contributed by atoms with Crippen LogP contribution in [0.4, 0.5) is 0 Å². The number of carbonyl (C=O) groups excluding carboxylic acids is 2. The van der Waals surface area contributed by atoms with Gasteiger partial charge in [0.15, 0.2) is 0 Å². The molecule has 2 nitrogen and oxygen atoms in total. The van der Waals surface area contributed by atoms with Gasteiger partial charge >= 0.3 is 0 Å². The van der Waals surface area contributed by atoms with Crippen LogP contribution in [-0.4, -0.2) is 11.9 Å². The number of benzene rings is 3. The van der Waals surface area contributed by atoms with Crippen molar-refractivity contribution >= 4 is 23.0 Å². The molecule has 0 radical (unpaired) electrons. The van der Waals surface area contributed by atoms with Gasteiger partial charge in [0, 0.05) is 24.0 Å². The molecule has 2 heteroatoms. The van der Waals surface area contributed by atoms with Crippen LogP contribution in [0.5, 0.6) is 0 Å². The first-order valence-corrected chi connectivity index (χ1v) is 8.47. The highest BCUT2D eigenvalue weighted by molar-refractivity contribution is 5.89. The molecule has 0 saturated carbocycles. The Bertz CT molecular complexity index is 875. The van der Waals surface area contributed by atoms with Gasteiger partial charge < -0.3 is 0 Å². The van der Waals surface area contributed by atoms with Gasteiger partial charge in [-0.3, -0.25) is 0 Å². The topological polar surface area (TPSA) is 34.1 Å². The zero-order chi connectivity index (χ0) is 18.2. The van der Waals surface area contributed by atoms with Crippen LogP contribution in [0, 0.1) is 0 Å². The quantitative estimate of drug-likeness (QED) is 0.616. The lowest BCUT2D eigenvalue weighted by molar-refractivity contribution is 0.568. The first-order valence-electron chi connectivity index (χ1n) is 8.47. The molecule has 0 amide bonds. The van der Waals surface area contributed by atoms with E-state index >= 15 is 0 Å². The molecule has 3 aromatic rings. The molecular formula is C24H18O2. The van der Waals surface area contributed by atoms with E-state index in [0.29, 0.717) is 24.0 Å². The molecular weight excluding hydrogens is 320 g/mol. The van der Waals surface area contributed by atoms with E-state index < -0.39 is 0 Å². The maximum absolute atomic E-state index is 11.3. The zero-order valence-corrected chi connectivity index (χ0v) is 14.3. The normalized spacial score (nSPS) is 9.85. The Hall–Kier alpha value is -3.44. The van der Waals surface area contributed by atoms with E-state index in [-0.39, 0.29) is 0 Å². The van der Waals surface area contributed by atoms with Crippen LogP contribution >= 0.6 is 0 Å². The lowest BCUT2D eigenvalue weighted by atomic mass is 9.96. The van der Waals surface area contributed by atoms with E-state index in [0.717, 1.165) is 22.3 Å². The van der Waals surface area contributed by atoms with Crippen LogP contribution in [0.2, 0.25) is 0 Å². The molecule has 3 aromatic carbocycles. The van der Waals surface area contributed by atoms with E-state index in [1.807, 2.05) is 84.9 Å². The molecule has 0 atom stereocenters. The monoisotopic (exact) mass is 338 g/mol. The minimum Gasteiger partial charge on any atom is -0.233 e. The molecule has 3 rings (SSSR count). The van der Waals surface area contributed by atoms with Gasteiger partial charge in [-0.1, -0.05) is 84.9 Å². The first kappa shape index (κ1) is 17.4. The fourth-order valence-corrected chi connectivity index (χ4v) is 2.86. The summed E-state index contributed by atoms with van der Waals surface area (Å²) >= 11 is 0. The Morgan fingerprint density at radius 1 is 0.538 bits per heavy atom. The van der Waals surface area contributed by atoms with Crippen molar-refractivity contribution in [1.29, 1.82) is 0 Å². The summed E-state index contributed by atoms with van der Waals surface area (Å²) in [5.41, 5.74) is 5.12. The summed E-state index contributed by atoms with van der Waals surface area (Å²) in [5, 5.41) is 0. The average Bonchev–Trinajstić information content (AvgIpc) is 2.72. The first-order chi connectivity index (χ1) is 12.8. The van der Waals surface area contributed by atoms with Crippen molar-refractivity contribution in [2.75, 3.05) is 0 Å². The Morgan fingerprint density at radius 2 is 0.885 bits per heavy atom. The molecule has 0 bridgehead atoms. The van der Waals surface area contributed by atoms with E-state index in [4.69, 9.17) is 0 Å². The van der Waals surface area contributed by atoms with Crippen molar-refractivity contribution in [2.24, 2.45) is 0 Å². The smallest absolute Gasteiger partial charge is 0.128 e. The van der Waals surface area contributed by atoms with Gasteiger partial charge in [-0.2, -0.15) is 0 Å². The molecule has 0 aliphatic heterocycles. The van der Waals surface area contributed by atoms with E-state index in [1.165, 1.54) is 0 Å². The van der Waals surface area contributed by atoms with Crippen LogP contribution in [0.25, 0.3) is 11.1 Å². The predicted molar refractivity (Wildman–Crippen MR) is 105 cm³/mol. The third-order valence-corrected chi connectivity index (χ3v) is 4.28. The molecule has 0 spiro atoms. The van der Waals surface area contributed by atoms with Crippen LogP contribution in [0.1, 0.15) is 22.3 Å². The molecule has 0 fully saturated rings. The maximum Gasteiger partial charge on any atom is 0.128 e. The van der Waals surface area contributed by atoms with Crippen molar-refractivity contribution in [3.8, 4) is 0 Å². The SMILES string of the molecule is O=C=C(Cc1ccc(CC(=C=O)c2ccccc2)cc1)c1ccccc1. The standard InChI is InChI=1S/C24H18O2/c25-17-23(21-7-3-1-4-8-21)15-19-11-13-20(14-12-19)16-24(18-26)22-9-5-2-6-10-22/h1-14H,15-16H2. The molecule has 0 heterocycles. The summed E-state index contributed by atoms with van der Waals surface area (Å²) in [5.74, 6) is 4.11. The molecule has 0 aromatic heterocycles. The van der Waals surface area contributed by atoms with Gasteiger partial charge in [0.2, 0.25) is 0 Å². The van der Waals surface area contributed by atoms with Crippen LogP contribution < -0.4 is 0 Å². The number of hydrogen-bond donors (Lipinski definition) is 0. The van der Waals surface area contributed by atoms with Crippen molar-refractivity contribution < 1.29 is 9.59 Å².